The molecule has 0 heterocycles. The number of nitrogens with zero attached hydrogens (tertiary/aromatic N) is 2. The Morgan fingerprint density at radius 3 is 2.09 bits per heavy atom. The second-order valence-electron chi connectivity index (χ2n) is 8.34. The molecular weight excluding hydrogens is 506 g/mol. The Morgan fingerprint density at radius 1 is 1.03 bits per heavy atom. The highest BCUT2D eigenvalue weighted by Crippen LogP contribution is 2.22. The van der Waals surface area contributed by atoms with E-state index in [0.717, 1.165) is 26.2 Å². The summed E-state index contributed by atoms with van der Waals surface area (Å²) in [5.41, 5.74) is 2.32. The topological polar surface area (TPSA) is 86.8 Å². The van der Waals surface area contributed by atoms with Crippen LogP contribution in [0.15, 0.2) is 53.0 Å². The van der Waals surface area contributed by atoms with E-state index in [4.69, 9.17) is 0 Å². The minimum atomic E-state index is -3.74. The summed E-state index contributed by atoms with van der Waals surface area (Å²) in [4.78, 5) is 27.9. The summed E-state index contributed by atoms with van der Waals surface area (Å²) in [5, 5.41) is 2.88. The van der Waals surface area contributed by atoms with Gasteiger partial charge in [0.15, 0.2) is 0 Å². The van der Waals surface area contributed by atoms with Crippen molar-refractivity contribution in [3.8, 4) is 0 Å². The molecule has 0 fully saturated rings. The summed E-state index contributed by atoms with van der Waals surface area (Å²) < 4.78 is 27.0. The molecule has 1 atom stereocenters. The minimum absolute atomic E-state index is 0.0850. The summed E-state index contributed by atoms with van der Waals surface area (Å²) in [6.07, 6.45) is 1.46. The second-order valence-corrected chi connectivity index (χ2v) is 11.2. The van der Waals surface area contributed by atoms with Gasteiger partial charge >= 0.3 is 0 Å². The number of rotatable bonds is 10. The average Bonchev–Trinajstić information content (AvgIpc) is 2.72. The predicted molar refractivity (Wildman–Crippen MR) is 135 cm³/mol. The van der Waals surface area contributed by atoms with E-state index in [2.05, 4.69) is 21.2 Å². The third-order valence-corrected chi connectivity index (χ3v) is 6.75. The average molecular weight is 539 g/mol. The van der Waals surface area contributed by atoms with Crippen molar-refractivity contribution in [2.24, 2.45) is 0 Å². The molecule has 0 saturated heterocycles. The van der Waals surface area contributed by atoms with Gasteiger partial charge in [0, 0.05) is 17.1 Å². The van der Waals surface area contributed by atoms with E-state index in [9.17, 15) is 18.0 Å². The van der Waals surface area contributed by atoms with Gasteiger partial charge in [0.25, 0.3) is 0 Å². The smallest absolute Gasteiger partial charge is 0.244 e. The molecule has 2 rings (SSSR count). The first-order valence-corrected chi connectivity index (χ1v) is 13.4. The van der Waals surface area contributed by atoms with Crippen molar-refractivity contribution < 1.29 is 18.0 Å². The molecule has 0 aliphatic carbocycles. The maximum Gasteiger partial charge on any atom is 0.244 e. The van der Waals surface area contributed by atoms with Crippen molar-refractivity contribution in [3.05, 3.63) is 64.1 Å². The Labute approximate surface area is 205 Å². The fourth-order valence-electron chi connectivity index (χ4n) is 3.41. The molecular formula is C24H32BrN3O4S. The molecule has 180 valence electrons. The first-order chi connectivity index (χ1) is 15.4. The Balaban J connectivity index is 2.42. The van der Waals surface area contributed by atoms with Gasteiger partial charge in [-0.3, -0.25) is 13.9 Å². The number of sulfonamides is 1. The third-order valence-electron chi connectivity index (χ3n) is 5.08. The molecule has 0 radical (unpaired) electrons. The molecule has 33 heavy (non-hydrogen) atoms. The van der Waals surface area contributed by atoms with Crippen LogP contribution in [-0.2, 0) is 26.2 Å². The minimum Gasteiger partial charge on any atom is -0.352 e. The van der Waals surface area contributed by atoms with E-state index < -0.39 is 28.5 Å². The number of halogens is 1. The van der Waals surface area contributed by atoms with Gasteiger partial charge in [0.05, 0.1) is 11.9 Å². The summed E-state index contributed by atoms with van der Waals surface area (Å²) in [7, 11) is -3.74. The number of benzene rings is 2. The van der Waals surface area contributed by atoms with Crippen LogP contribution in [0.3, 0.4) is 0 Å². The lowest BCUT2D eigenvalue weighted by Gasteiger charge is -2.33. The summed E-state index contributed by atoms with van der Waals surface area (Å²) >= 11 is 3.34. The van der Waals surface area contributed by atoms with Crippen LogP contribution >= 0.6 is 15.9 Å². The quantitative estimate of drug-likeness (QED) is 0.498. The van der Waals surface area contributed by atoms with Gasteiger partial charge in [0.2, 0.25) is 21.8 Å². The Hall–Kier alpha value is -2.39. The molecule has 0 saturated carbocycles. The number of aryl methyl sites for hydroxylation is 1. The highest BCUT2D eigenvalue weighted by molar-refractivity contribution is 9.10. The number of carbonyl (C=O) groups excluding carboxylic acids is 2. The first-order valence-electron chi connectivity index (χ1n) is 10.8. The fraction of sp³-hybridized carbons (Fsp3) is 0.417. The zero-order chi connectivity index (χ0) is 24.8. The highest BCUT2D eigenvalue weighted by atomic mass is 79.9. The van der Waals surface area contributed by atoms with Crippen LogP contribution in [0.4, 0.5) is 5.69 Å². The first kappa shape index (κ1) is 26.9. The number of nitrogens with one attached hydrogen (secondary N) is 1. The van der Waals surface area contributed by atoms with E-state index in [1.807, 2.05) is 52.0 Å². The zero-order valence-electron chi connectivity index (χ0n) is 19.7. The van der Waals surface area contributed by atoms with Gasteiger partial charge in [-0.25, -0.2) is 8.42 Å². The van der Waals surface area contributed by atoms with Gasteiger partial charge in [0.1, 0.15) is 12.6 Å². The monoisotopic (exact) mass is 537 g/mol. The molecule has 0 spiro atoms. The predicted octanol–water partition coefficient (Wildman–Crippen LogP) is 3.86. The molecule has 7 nitrogen and oxygen atoms in total. The fourth-order valence-corrected chi connectivity index (χ4v) is 4.53. The number of amides is 2. The van der Waals surface area contributed by atoms with Crippen molar-refractivity contribution in [1.29, 1.82) is 0 Å². The number of hydrogen-bond acceptors (Lipinski definition) is 4. The lowest BCUT2D eigenvalue weighted by Crippen LogP contribution is -2.53. The lowest BCUT2D eigenvalue weighted by atomic mass is 10.1. The Bertz CT molecular complexity index is 1050. The highest BCUT2D eigenvalue weighted by Gasteiger charge is 2.31. The number of anilines is 1. The molecule has 0 unspecified atom stereocenters. The standard InChI is InChI=1S/C24H32BrN3O4S/c1-6-22(24(30)26-17(2)3)27(15-19-9-7-18(4)8-10-19)23(29)16-28(33(5,31)32)21-13-11-20(25)12-14-21/h7-14,17,22H,6,15-16H2,1-5H3,(H,26,30)/t22-/m1/s1. The molecule has 1 N–H and O–H groups in total. The van der Waals surface area contributed by atoms with Crippen LogP contribution < -0.4 is 9.62 Å². The van der Waals surface area contributed by atoms with Crippen molar-refractivity contribution in [2.45, 2.75) is 52.7 Å². The van der Waals surface area contributed by atoms with E-state index in [1.54, 1.807) is 24.3 Å². The van der Waals surface area contributed by atoms with Crippen LogP contribution in [0.1, 0.15) is 38.3 Å². The van der Waals surface area contributed by atoms with E-state index >= 15 is 0 Å². The molecule has 0 aliphatic heterocycles. The lowest BCUT2D eigenvalue weighted by molar-refractivity contribution is -0.140. The molecule has 9 heteroatoms. The molecule has 2 aromatic rings. The maximum atomic E-state index is 13.5. The normalized spacial score (nSPS) is 12.3. The molecule has 0 bridgehead atoms. The molecule has 2 amide bonds. The third kappa shape index (κ3) is 7.85. The van der Waals surface area contributed by atoms with Crippen LogP contribution in [0.25, 0.3) is 0 Å². The van der Waals surface area contributed by atoms with Crippen molar-refractivity contribution >= 4 is 43.5 Å². The summed E-state index contributed by atoms with van der Waals surface area (Å²) in [6, 6.07) is 13.6. The van der Waals surface area contributed by atoms with Gasteiger partial charge in [-0.1, -0.05) is 52.7 Å². The van der Waals surface area contributed by atoms with Crippen LogP contribution in [0, 0.1) is 6.92 Å². The summed E-state index contributed by atoms with van der Waals surface area (Å²) in [5.74, 6) is -0.711. The SMILES string of the molecule is CC[C@H](C(=O)NC(C)C)N(Cc1ccc(C)cc1)C(=O)CN(c1ccc(Br)cc1)S(C)(=O)=O. The van der Waals surface area contributed by atoms with Crippen LogP contribution in [0.5, 0.6) is 0 Å². The molecule has 2 aromatic carbocycles. The van der Waals surface area contributed by atoms with Crippen molar-refractivity contribution in [2.75, 3.05) is 17.1 Å². The number of carbonyl (C=O) groups is 2. The van der Waals surface area contributed by atoms with E-state index in [0.29, 0.717) is 12.1 Å². The van der Waals surface area contributed by atoms with Crippen LogP contribution in [-0.4, -0.2) is 50.0 Å². The second kappa shape index (κ2) is 11.7. The Kier molecular flexibility index (Phi) is 9.48. The zero-order valence-corrected chi connectivity index (χ0v) is 22.1. The summed E-state index contributed by atoms with van der Waals surface area (Å²) in [6.45, 7) is 7.31. The van der Waals surface area contributed by atoms with E-state index in [-0.39, 0.29) is 18.5 Å². The largest absolute Gasteiger partial charge is 0.352 e. The van der Waals surface area contributed by atoms with E-state index in [1.165, 1.54) is 4.90 Å². The number of hydrogen-bond donors (Lipinski definition) is 1. The van der Waals surface area contributed by atoms with Gasteiger partial charge in [-0.2, -0.15) is 0 Å². The molecule has 0 aromatic heterocycles. The van der Waals surface area contributed by atoms with Crippen molar-refractivity contribution in [1.82, 2.24) is 10.2 Å². The van der Waals surface area contributed by atoms with Crippen molar-refractivity contribution in [3.63, 3.8) is 0 Å². The van der Waals surface area contributed by atoms with Gasteiger partial charge in [-0.05, 0) is 57.0 Å². The maximum absolute atomic E-state index is 13.5. The molecule has 0 aliphatic rings. The Morgan fingerprint density at radius 2 is 1.61 bits per heavy atom. The van der Waals surface area contributed by atoms with Gasteiger partial charge in [-0.15, -0.1) is 0 Å². The van der Waals surface area contributed by atoms with Crippen LogP contribution in [0.2, 0.25) is 0 Å². The van der Waals surface area contributed by atoms with Gasteiger partial charge < -0.3 is 10.2 Å².